The number of methoxy groups -OCH3 is 1. The second-order valence-corrected chi connectivity index (χ2v) is 6.30. The Kier molecular flexibility index (Phi) is 5.93. The molecule has 24 heavy (non-hydrogen) atoms. The van der Waals surface area contributed by atoms with Gasteiger partial charge in [-0.25, -0.2) is 0 Å². The molecule has 132 valence electrons. The molecule has 1 aromatic rings. The third-order valence-electron chi connectivity index (χ3n) is 4.58. The largest absolute Gasteiger partial charge is 0.497 e. The molecule has 0 saturated carbocycles. The lowest BCUT2D eigenvalue weighted by Gasteiger charge is -2.33. The van der Waals surface area contributed by atoms with Crippen molar-refractivity contribution in [3.05, 3.63) is 24.3 Å². The minimum Gasteiger partial charge on any atom is -0.497 e. The van der Waals surface area contributed by atoms with Crippen molar-refractivity contribution in [1.29, 1.82) is 0 Å². The van der Waals surface area contributed by atoms with Crippen LogP contribution in [0.5, 0.6) is 11.5 Å². The summed E-state index contributed by atoms with van der Waals surface area (Å²) in [5.41, 5.74) is 0. The summed E-state index contributed by atoms with van der Waals surface area (Å²) in [4.78, 5) is 14.3. The van der Waals surface area contributed by atoms with E-state index in [1.54, 1.807) is 7.11 Å². The van der Waals surface area contributed by atoms with Crippen molar-refractivity contribution in [2.45, 2.75) is 31.4 Å². The molecule has 0 aliphatic carbocycles. The van der Waals surface area contributed by atoms with E-state index < -0.39 is 0 Å². The first kappa shape index (κ1) is 17.0. The fourth-order valence-electron chi connectivity index (χ4n) is 3.16. The minimum atomic E-state index is 0.152. The van der Waals surface area contributed by atoms with E-state index in [2.05, 4.69) is 5.32 Å². The van der Waals surface area contributed by atoms with E-state index in [1.165, 1.54) is 0 Å². The number of piperidine rings is 1. The van der Waals surface area contributed by atoms with Gasteiger partial charge in [0.15, 0.2) is 0 Å². The first-order valence-electron chi connectivity index (χ1n) is 8.64. The number of nitrogens with one attached hydrogen (secondary N) is 1. The SMILES string of the molecule is COc1ccc(OC2CCN(C(=O)C[C@@H]3COCCN3)CC2)cc1. The number of morpholine rings is 1. The molecule has 1 N–H and O–H groups in total. The van der Waals surface area contributed by atoms with Gasteiger partial charge in [0.25, 0.3) is 0 Å². The Balaban J connectivity index is 1.42. The molecule has 2 aliphatic rings. The molecule has 2 heterocycles. The molecule has 1 amide bonds. The number of carbonyl (C=O) groups excluding carboxylic acids is 1. The highest BCUT2D eigenvalue weighted by Gasteiger charge is 2.26. The molecule has 0 bridgehead atoms. The van der Waals surface area contributed by atoms with Crippen LogP contribution in [0.1, 0.15) is 19.3 Å². The highest BCUT2D eigenvalue weighted by molar-refractivity contribution is 5.77. The van der Waals surface area contributed by atoms with Gasteiger partial charge >= 0.3 is 0 Å². The lowest BCUT2D eigenvalue weighted by atomic mass is 10.1. The van der Waals surface area contributed by atoms with Crippen LogP contribution >= 0.6 is 0 Å². The van der Waals surface area contributed by atoms with Gasteiger partial charge in [0, 0.05) is 44.9 Å². The van der Waals surface area contributed by atoms with Crippen molar-refractivity contribution in [2.75, 3.05) is 40.0 Å². The maximum Gasteiger partial charge on any atom is 0.224 e. The molecule has 0 radical (unpaired) electrons. The van der Waals surface area contributed by atoms with Crippen molar-refractivity contribution >= 4 is 5.91 Å². The molecule has 1 atom stereocenters. The van der Waals surface area contributed by atoms with Crippen LogP contribution in [0, 0.1) is 0 Å². The monoisotopic (exact) mass is 334 g/mol. The number of ether oxygens (including phenoxy) is 3. The maximum atomic E-state index is 12.4. The van der Waals surface area contributed by atoms with Gasteiger partial charge in [0.05, 0.1) is 20.3 Å². The lowest BCUT2D eigenvalue weighted by Crippen LogP contribution is -2.47. The maximum absolute atomic E-state index is 12.4. The van der Waals surface area contributed by atoms with Gasteiger partial charge < -0.3 is 24.4 Å². The Bertz CT molecular complexity index is 520. The third-order valence-corrected chi connectivity index (χ3v) is 4.58. The van der Waals surface area contributed by atoms with Gasteiger partial charge in [-0.3, -0.25) is 4.79 Å². The average molecular weight is 334 g/mol. The zero-order chi connectivity index (χ0) is 16.8. The quantitative estimate of drug-likeness (QED) is 0.883. The first-order chi connectivity index (χ1) is 11.7. The summed E-state index contributed by atoms with van der Waals surface area (Å²) in [6, 6.07) is 7.79. The van der Waals surface area contributed by atoms with Crippen LogP contribution in [0.2, 0.25) is 0 Å². The van der Waals surface area contributed by atoms with Crippen molar-refractivity contribution in [3.8, 4) is 11.5 Å². The smallest absolute Gasteiger partial charge is 0.224 e. The van der Waals surface area contributed by atoms with Gasteiger partial charge in [-0.1, -0.05) is 0 Å². The fourth-order valence-corrected chi connectivity index (χ4v) is 3.16. The number of nitrogens with zero attached hydrogens (tertiary/aromatic N) is 1. The van der Waals surface area contributed by atoms with Gasteiger partial charge in [0.1, 0.15) is 17.6 Å². The van der Waals surface area contributed by atoms with Crippen LogP contribution in [0.3, 0.4) is 0 Å². The summed E-state index contributed by atoms with van der Waals surface area (Å²) in [5.74, 6) is 1.88. The fraction of sp³-hybridized carbons (Fsp3) is 0.611. The van der Waals surface area contributed by atoms with Gasteiger partial charge in [0.2, 0.25) is 5.91 Å². The van der Waals surface area contributed by atoms with Crippen molar-refractivity contribution < 1.29 is 19.0 Å². The van der Waals surface area contributed by atoms with Crippen LogP contribution in [-0.4, -0.2) is 62.9 Å². The Labute approximate surface area is 143 Å². The highest BCUT2D eigenvalue weighted by Crippen LogP contribution is 2.22. The average Bonchev–Trinajstić information content (AvgIpc) is 2.64. The van der Waals surface area contributed by atoms with E-state index in [9.17, 15) is 4.79 Å². The highest BCUT2D eigenvalue weighted by atomic mass is 16.5. The van der Waals surface area contributed by atoms with Crippen molar-refractivity contribution in [3.63, 3.8) is 0 Å². The zero-order valence-electron chi connectivity index (χ0n) is 14.2. The van der Waals surface area contributed by atoms with E-state index in [4.69, 9.17) is 14.2 Å². The normalized spacial score (nSPS) is 22.2. The van der Waals surface area contributed by atoms with E-state index in [0.717, 1.165) is 50.6 Å². The minimum absolute atomic E-state index is 0.152. The van der Waals surface area contributed by atoms with Gasteiger partial charge in [-0.2, -0.15) is 0 Å². The van der Waals surface area contributed by atoms with Crippen LogP contribution < -0.4 is 14.8 Å². The molecule has 0 aromatic heterocycles. The summed E-state index contributed by atoms with van der Waals surface area (Å²) in [6.07, 6.45) is 2.42. The number of carbonyl (C=O) groups is 1. The second-order valence-electron chi connectivity index (χ2n) is 6.30. The number of hydrogen-bond donors (Lipinski definition) is 1. The van der Waals surface area contributed by atoms with Gasteiger partial charge in [-0.05, 0) is 24.3 Å². The molecule has 2 fully saturated rings. The molecule has 1 aromatic carbocycles. The summed E-state index contributed by atoms with van der Waals surface area (Å²) < 4.78 is 16.6. The standard InChI is InChI=1S/C18H26N2O4/c1-22-15-2-4-16(5-3-15)24-17-6-9-20(10-7-17)18(21)12-14-13-23-11-8-19-14/h2-5,14,17,19H,6-13H2,1H3/t14-/m1/s1. The molecular formula is C18H26N2O4. The number of amides is 1. The molecule has 0 unspecified atom stereocenters. The number of likely N-dealkylation sites (tertiary alicyclic amines) is 1. The Morgan fingerprint density at radius 1 is 1.25 bits per heavy atom. The van der Waals surface area contributed by atoms with Crippen LogP contribution in [0.25, 0.3) is 0 Å². The van der Waals surface area contributed by atoms with E-state index >= 15 is 0 Å². The molecule has 0 spiro atoms. The summed E-state index contributed by atoms with van der Waals surface area (Å²) in [6.45, 7) is 3.71. The first-order valence-corrected chi connectivity index (χ1v) is 8.64. The van der Waals surface area contributed by atoms with E-state index in [-0.39, 0.29) is 18.1 Å². The molecule has 6 nitrogen and oxygen atoms in total. The number of benzene rings is 1. The van der Waals surface area contributed by atoms with Crippen LogP contribution in [0.4, 0.5) is 0 Å². The van der Waals surface area contributed by atoms with Crippen LogP contribution in [-0.2, 0) is 9.53 Å². The van der Waals surface area contributed by atoms with Crippen molar-refractivity contribution in [2.24, 2.45) is 0 Å². The third kappa shape index (κ3) is 4.61. The Morgan fingerprint density at radius 3 is 2.58 bits per heavy atom. The second kappa shape index (κ2) is 8.35. The summed E-state index contributed by atoms with van der Waals surface area (Å²) >= 11 is 0. The number of rotatable bonds is 5. The molecule has 6 heteroatoms. The Morgan fingerprint density at radius 2 is 1.96 bits per heavy atom. The van der Waals surface area contributed by atoms with Gasteiger partial charge in [-0.15, -0.1) is 0 Å². The molecule has 2 aliphatic heterocycles. The Hall–Kier alpha value is -1.79. The topological polar surface area (TPSA) is 60.0 Å². The summed E-state index contributed by atoms with van der Waals surface area (Å²) in [7, 11) is 1.65. The van der Waals surface area contributed by atoms with Crippen molar-refractivity contribution in [1.82, 2.24) is 10.2 Å². The predicted octanol–water partition coefficient (Wildman–Crippen LogP) is 1.44. The molecule has 2 saturated heterocycles. The molecule has 3 rings (SSSR count). The lowest BCUT2D eigenvalue weighted by molar-refractivity contribution is -0.134. The predicted molar refractivity (Wildman–Crippen MR) is 90.5 cm³/mol. The zero-order valence-corrected chi connectivity index (χ0v) is 14.2. The van der Waals surface area contributed by atoms with Crippen LogP contribution in [0.15, 0.2) is 24.3 Å². The van der Waals surface area contributed by atoms with E-state index in [1.807, 2.05) is 29.2 Å². The van der Waals surface area contributed by atoms with E-state index in [0.29, 0.717) is 13.0 Å². The number of hydrogen-bond acceptors (Lipinski definition) is 5. The molecular weight excluding hydrogens is 308 g/mol. The summed E-state index contributed by atoms with van der Waals surface area (Å²) in [5, 5.41) is 3.33.